The number of nitrogens with zero attached hydrogens (tertiary/aromatic N) is 3. The topological polar surface area (TPSA) is 87.9 Å². The van der Waals surface area contributed by atoms with Gasteiger partial charge in [-0.2, -0.15) is 15.4 Å². The number of rotatable bonds is 2. The van der Waals surface area contributed by atoms with Crippen LogP contribution in [0.3, 0.4) is 0 Å². The van der Waals surface area contributed by atoms with Crippen LogP contribution in [-0.4, -0.2) is 44.3 Å². The Kier molecular flexibility index (Phi) is 3.14. The Morgan fingerprint density at radius 1 is 1.56 bits per heavy atom. The first-order valence-electron chi connectivity index (χ1n) is 5.13. The average molecular weight is 239 g/mol. The van der Waals surface area contributed by atoms with Crippen LogP contribution in [0.25, 0.3) is 0 Å². The fourth-order valence-corrected chi connectivity index (χ4v) is 2.07. The molecule has 0 bridgehead atoms. The van der Waals surface area contributed by atoms with Crippen LogP contribution >= 0.6 is 12.2 Å². The zero-order valence-electron chi connectivity index (χ0n) is 8.72. The van der Waals surface area contributed by atoms with Crippen molar-refractivity contribution in [3.05, 3.63) is 11.9 Å². The fraction of sp³-hybridized carbons (Fsp3) is 0.556. The Balaban J connectivity index is 1.94. The van der Waals surface area contributed by atoms with E-state index in [9.17, 15) is 4.79 Å². The summed E-state index contributed by atoms with van der Waals surface area (Å²) in [7, 11) is 0. The molecule has 0 spiro atoms. The number of nitrogens with two attached hydrogens (primary N) is 1. The lowest BCUT2D eigenvalue weighted by atomic mass is 9.97. The minimum absolute atomic E-state index is 0.0878. The van der Waals surface area contributed by atoms with Gasteiger partial charge in [-0.3, -0.25) is 4.79 Å². The highest BCUT2D eigenvalue weighted by molar-refractivity contribution is 7.80. The Labute approximate surface area is 98.2 Å². The summed E-state index contributed by atoms with van der Waals surface area (Å²) in [5, 5.41) is 9.81. The van der Waals surface area contributed by atoms with Gasteiger partial charge in [-0.05, 0) is 12.8 Å². The summed E-state index contributed by atoms with van der Waals surface area (Å²) in [5.41, 5.74) is 5.94. The zero-order valence-corrected chi connectivity index (χ0v) is 9.54. The summed E-state index contributed by atoms with van der Waals surface area (Å²) in [6.07, 6.45) is 3.10. The molecular formula is C9H13N5OS. The first-order chi connectivity index (χ1) is 7.68. The lowest BCUT2D eigenvalue weighted by Crippen LogP contribution is -2.41. The van der Waals surface area contributed by atoms with E-state index in [0.29, 0.717) is 23.8 Å². The summed E-state index contributed by atoms with van der Waals surface area (Å²) >= 11 is 4.95. The van der Waals surface area contributed by atoms with Crippen molar-refractivity contribution in [2.45, 2.75) is 12.8 Å². The Bertz CT molecular complexity index is 383. The van der Waals surface area contributed by atoms with Crippen molar-refractivity contribution in [2.24, 2.45) is 11.7 Å². The van der Waals surface area contributed by atoms with Crippen LogP contribution < -0.4 is 5.73 Å². The predicted octanol–water partition coefficient (Wildman–Crippen LogP) is -0.0570. The van der Waals surface area contributed by atoms with E-state index in [1.807, 2.05) is 0 Å². The minimum atomic E-state index is -0.0878. The lowest BCUT2D eigenvalue weighted by Gasteiger charge is -2.30. The number of hydrogen-bond acceptors (Lipinski definition) is 4. The van der Waals surface area contributed by atoms with Gasteiger partial charge in [-0.25, -0.2) is 0 Å². The minimum Gasteiger partial charge on any atom is -0.393 e. The summed E-state index contributed by atoms with van der Waals surface area (Å²) < 4.78 is 0. The maximum atomic E-state index is 11.9. The quantitative estimate of drug-likeness (QED) is 0.706. The van der Waals surface area contributed by atoms with Gasteiger partial charge in [0.15, 0.2) is 5.69 Å². The van der Waals surface area contributed by atoms with Crippen molar-refractivity contribution >= 4 is 23.1 Å². The predicted molar refractivity (Wildman–Crippen MR) is 61.8 cm³/mol. The molecular weight excluding hydrogens is 226 g/mol. The van der Waals surface area contributed by atoms with Gasteiger partial charge >= 0.3 is 0 Å². The van der Waals surface area contributed by atoms with Gasteiger partial charge in [0.1, 0.15) is 0 Å². The molecule has 2 rings (SSSR count). The molecule has 1 aromatic heterocycles. The molecule has 1 amide bonds. The third-order valence-electron chi connectivity index (χ3n) is 2.82. The van der Waals surface area contributed by atoms with E-state index in [1.165, 1.54) is 6.20 Å². The SMILES string of the molecule is NC(=S)C1CCN(C(=O)c2cn[nH]n2)CC1. The molecule has 16 heavy (non-hydrogen) atoms. The van der Waals surface area contributed by atoms with Crippen LogP contribution in [0.2, 0.25) is 0 Å². The second-order valence-corrected chi connectivity index (χ2v) is 4.30. The first-order valence-corrected chi connectivity index (χ1v) is 5.53. The molecule has 1 saturated heterocycles. The van der Waals surface area contributed by atoms with Crippen molar-refractivity contribution in [3.63, 3.8) is 0 Å². The smallest absolute Gasteiger partial charge is 0.276 e. The van der Waals surface area contributed by atoms with E-state index in [-0.39, 0.29) is 11.8 Å². The molecule has 0 aromatic carbocycles. The van der Waals surface area contributed by atoms with Crippen LogP contribution in [0.4, 0.5) is 0 Å². The van der Waals surface area contributed by atoms with Gasteiger partial charge in [0.2, 0.25) is 0 Å². The van der Waals surface area contributed by atoms with Gasteiger partial charge in [0, 0.05) is 19.0 Å². The second kappa shape index (κ2) is 4.56. The number of likely N-dealkylation sites (tertiary alicyclic amines) is 1. The van der Waals surface area contributed by atoms with Crippen LogP contribution in [0.5, 0.6) is 0 Å². The molecule has 0 unspecified atom stereocenters. The molecule has 6 nitrogen and oxygen atoms in total. The summed E-state index contributed by atoms with van der Waals surface area (Å²) in [4.78, 5) is 14.2. The number of thiocarbonyl (C=S) groups is 1. The summed E-state index contributed by atoms with van der Waals surface area (Å²) in [5.74, 6) is 0.173. The van der Waals surface area contributed by atoms with Gasteiger partial charge in [-0.1, -0.05) is 12.2 Å². The second-order valence-electron chi connectivity index (χ2n) is 3.82. The molecule has 1 aliphatic heterocycles. The highest BCUT2D eigenvalue weighted by Gasteiger charge is 2.25. The van der Waals surface area contributed by atoms with Gasteiger partial charge in [-0.15, -0.1) is 0 Å². The summed E-state index contributed by atoms with van der Waals surface area (Å²) in [6, 6.07) is 0. The number of H-pyrrole nitrogens is 1. The van der Waals surface area contributed by atoms with Crippen molar-refractivity contribution in [2.75, 3.05) is 13.1 Å². The van der Waals surface area contributed by atoms with Crippen LogP contribution in [0, 0.1) is 5.92 Å². The fourth-order valence-electron chi connectivity index (χ4n) is 1.83. The van der Waals surface area contributed by atoms with E-state index >= 15 is 0 Å². The molecule has 0 aliphatic carbocycles. The summed E-state index contributed by atoms with van der Waals surface area (Å²) in [6.45, 7) is 1.35. The van der Waals surface area contributed by atoms with E-state index < -0.39 is 0 Å². The Morgan fingerprint density at radius 3 is 2.75 bits per heavy atom. The van der Waals surface area contributed by atoms with Crippen LogP contribution in [-0.2, 0) is 0 Å². The maximum Gasteiger partial charge on any atom is 0.276 e. The molecule has 2 heterocycles. The van der Waals surface area contributed by atoms with Gasteiger partial charge in [0.05, 0.1) is 11.2 Å². The highest BCUT2D eigenvalue weighted by atomic mass is 32.1. The molecule has 7 heteroatoms. The Hall–Kier alpha value is -1.50. The van der Waals surface area contributed by atoms with Crippen LogP contribution in [0.15, 0.2) is 6.20 Å². The monoisotopic (exact) mass is 239 g/mol. The standard InChI is InChI=1S/C9H13N5OS/c10-8(16)6-1-3-14(4-2-6)9(15)7-5-11-13-12-7/h5-6H,1-4H2,(H2,10,16)(H,11,12,13). The lowest BCUT2D eigenvalue weighted by molar-refractivity contribution is 0.0704. The average Bonchev–Trinajstić information content (AvgIpc) is 2.81. The number of aromatic nitrogens is 3. The number of piperidine rings is 1. The van der Waals surface area contributed by atoms with Crippen molar-refractivity contribution in [1.82, 2.24) is 20.3 Å². The Morgan fingerprint density at radius 2 is 2.25 bits per heavy atom. The molecule has 0 saturated carbocycles. The zero-order chi connectivity index (χ0) is 11.5. The third kappa shape index (κ3) is 2.19. The van der Waals surface area contributed by atoms with E-state index in [0.717, 1.165) is 12.8 Å². The number of nitrogens with one attached hydrogen (secondary N) is 1. The largest absolute Gasteiger partial charge is 0.393 e. The maximum absolute atomic E-state index is 11.9. The van der Waals surface area contributed by atoms with Crippen molar-refractivity contribution < 1.29 is 4.79 Å². The number of amides is 1. The van der Waals surface area contributed by atoms with E-state index in [4.69, 9.17) is 18.0 Å². The highest BCUT2D eigenvalue weighted by Crippen LogP contribution is 2.18. The molecule has 1 aromatic rings. The van der Waals surface area contributed by atoms with Crippen molar-refractivity contribution in [1.29, 1.82) is 0 Å². The molecule has 1 fully saturated rings. The van der Waals surface area contributed by atoms with Crippen LogP contribution in [0.1, 0.15) is 23.3 Å². The van der Waals surface area contributed by atoms with Gasteiger partial charge < -0.3 is 10.6 Å². The number of carbonyl (C=O) groups excluding carboxylic acids is 1. The number of carbonyl (C=O) groups is 1. The number of hydrogen-bond donors (Lipinski definition) is 2. The van der Waals surface area contributed by atoms with Crippen molar-refractivity contribution in [3.8, 4) is 0 Å². The molecule has 0 atom stereocenters. The third-order valence-corrected chi connectivity index (χ3v) is 3.15. The number of aromatic amines is 1. The van der Waals surface area contributed by atoms with Gasteiger partial charge in [0.25, 0.3) is 5.91 Å². The van der Waals surface area contributed by atoms with E-state index in [1.54, 1.807) is 4.90 Å². The molecule has 86 valence electrons. The normalized spacial score (nSPS) is 17.4. The molecule has 1 aliphatic rings. The first kappa shape index (κ1) is 11.0. The molecule has 3 N–H and O–H groups in total. The van der Waals surface area contributed by atoms with E-state index in [2.05, 4.69) is 15.4 Å². The molecule has 0 radical (unpaired) electrons.